The van der Waals surface area contributed by atoms with Gasteiger partial charge in [-0.3, -0.25) is 14.5 Å². The summed E-state index contributed by atoms with van der Waals surface area (Å²) in [7, 11) is 1.49. The topological polar surface area (TPSA) is 55.8 Å². The van der Waals surface area contributed by atoms with E-state index in [4.69, 9.17) is 21.1 Å². The molecule has 0 N–H and O–H groups in total. The maximum atomic E-state index is 13.8. The molecule has 1 aliphatic heterocycles. The van der Waals surface area contributed by atoms with Gasteiger partial charge in [-0.2, -0.15) is 0 Å². The van der Waals surface area contributed by atoms with Crippen molar-refractivity contribution in [2.24, 2.45) is 0 Å². The summed E-state index contributed by atoms with van der Waals surface area (Å²) in [6, 6.07) is 18.6. The highest BCUT2D eigenvalue weighted by atomic mass is 35.5. The van der Waals surface area contributed by atoms with Crippen LogP contribution in [0.4, 0.5) is 9.18 Å². The van der Waals surface area contributed by atoms with Crippen LogP contribution in [-0.4, -0.2) is 23.2 Å². The normalized spacial score (nSPS) is 14.8. The zero-order valence-corrected chi connectivity index (χ0v) is 19.2. The number of amides is 2. The minimum atomic E-state index is -0.385. The van der Waals surface area contributed by atoms with Crippen molar-refractivity contribution in [3.8, 4) is 11.5 Å². The Labute approximate surface area is 199 Å². The van der Waals surface area contributed by atoms with Crippen LogP contribution in [0.25, 0.3) is 6.08 Å². The van der Waals surface area contributed by atoms with Gasteiger partial charge in [0.25, 0.3) is 11.1 Å². The molecule has 2 amide bonds. The number of halogens is 2. The molecule has 168 valence electrons. The van der Waals surface area contributed by atoms with Crippen LogP contribution < -0.4 is 9.47 Å². The second-order valence-electron chi connectivity index (χ2n) is 7.15. The number of carbonyl (C=O) groups excluding carboxylic acids is 2. The highest BCUT2D eigenvalue weighted by Crippen LogP contribution is 2.36. The number of rotatable bonds is 7. The molecular formula is C25H19ClFNO4S. The summed E-state index contributed by atoms with van der Waals surface area (Å²) in [6.45, 7) is 0.150. The third kappa shape index (κ3) is 5.21. The Hall–Kier alpha value is -3.29. The second-order valence-corrected chi connectivity index (χ2v) is 8.55. The summed E-state index contributed by atoms with van der Waals surface area (Å²) in [5.41, 5.74) is 1.78. The van der Waals surface area contributed by atoms with Crippen LogP contribution in [0, 0.1) is 5.82 Å². The Morgan fingerprint density at radius 3 is 2.45 bits per heavy atom. The summed E-state index contributed by atoms with van der Waals surface area (Å²) in [5, 5.41) is 0.138. The molecule has 0 saturated carbocycles. The average Bonchev–Trinajstić information content (AvgIpc) is 3.07. The fourth-order valence-electron chi connectivity index (χ4n) is 3.25. The number of imide groups is 1. The van der Waals surface area contributed by atoms with Crippen molar-refractivity contribution < 1.29 is 23.5 Å². The van der Waals surface area contributed by atoms with Gasteiger partial charge in [-0.1, -0.05) is 54.1 Å². The molecule has 3 aromatic carbocycles. The number of carbonyl (C=O) groups is 2. The highest BCUT2D eigenvalue weighted by molar-refractivity contribution is 8.18. The van der Waals surface area contributed by atoms with Crippen LogP contribution in [0.2, 0.25) is 5.02 Å². The van der Waals surface area contributed by atoms with Crippen LogP contribution in [0.15, 0.2) is 71.6 Å². The van der Waals surface area contributed by atoms with E-state index in [0.717, 1.165) is 11.8 Å². The molecule has 1 saturated heterocycles. The molecule has 0 atom stereocenters. The monoisotopic (exact) mass is 483 g/mol. The minimum absolute atomic E-state index is 0.0450. The molecule has 4 rings (SSSR count). The molecule has 0 aliphatic carbocycles. The van der Waals surface area contributed by atoms with E-state index in [1.165, 1.54) is 18.1 Å². The Balaban J connectivity index is 1.50. The maximum absolute atomic E-state index is 13.8. The molecule has 33 heavy (non-hydrogen) atoms. The lowest BCUT2D eigenvalue weighted by molar-refractivity contribution is -0.123. The summed E-state index contributed by atoms with van der Waals surface area (Å²) in [4.78, 5) is 26.7. The van der Waals surface area contributed by atoms with E-state index in [1.54, 1.807) is 66.7 Å². The van der Waals surface area contributed by atoms with Crippen molar-refractivity contribution in [2.75, 3.05) is 7.11 Å². The molecule has 0 unspecified atom stereocenters. The lowest BCUT2D eigenvalue weighted by Crippen LogP contribution is -2.27. The van der Waals surface area contributed by atoms with Gasteiger partial charge in [-0.15, -0.1) is 0 Å². The third-order valence-corrected chi connectivity index (χ3v) is 6.26. The predicted octanol–water partition coefficient (Wildman–Crippen LogP) is 6.30. The van der Waals surface area contributed by atoms with Crippen LogP contribution in [0.3, 0.4) is 0 Å². The van der Waals surface area contributed by atoms with Crippen molar-refractivity contribution in [2.45, 2.75) is 13.2 Å². The first-order chi connectivity index (χ1) is 16.0. The Morgan fingerprint density at radius 2 is 1.73 bits per heavy atom. The largest absolute Gasteiger partial charge is 0.493 e. The quantitative estimate of drug-likeness (QED) is 0.369. The fraction of sp³-hybridized carbons (Fsp3) is 0.120. The first-order valence-corrected chi connectivity index (χ1v) is 11.2. The second kappa shape index (κ2) is 10.1. The molecular weight excluding hydrogens is 465 g/mol. The lowest BCUT2D eigenvalue weighted by atomic mass is 10.1. The highest BCUT2D eigenvalue weighted by Gasteiger charge is 2.35. The Kier molecular flexibility index (Phi) is 7.01. The molecule has 0 bridgehead atoms. The molecule has 5 nitrogen and oxygen atoms in total. The number of hydrogen-bond donors (Lipinski definition) is 0. The van der Waals surface area contributed by atoms with Crippen molar-refractivity contribution in [1.29, 1.82) is 0 Å². The van der Waals surface area contributed by atoms with E-state index >= 15 is 0 Å². The zero-order valence-electron chi connectivity index (χ0n) is 17.6. The Bertz CT molecular complexity index is 1250. The van der Waals surface area contributed by atoms with E-state index in [2.05, 4.69) is 0 Å². The molecule has 8 heteroatoms. The number of methoxy groups -OCH3 is 1. The molecule has 1 fully saturated rings. The molecule has 0 radical (unpaired) electrons. The van der Waals surface area contributed by atoms with E-state index in [-0.39, 0.29) is 30.1 Å². The smallest absolute Gasteiger partial charge is 0.293 e. The number of hydrogen-bond acceptors (Lipinski definition) is 5. The van der Waals surface area contributed by atoms with Crippen molar-refractivity contribution in [3.05, 3.63) is 99.2 Å². The van der Waals surface area contributed by atoms with E-state index in [1.807, 2.05) is 0 Å². The molecule has 0 spiro atoms. The average molecular weight is 484 g/mol. The van der Waals surface area contributed by atoms with Gasteiger partial charge in [0, 0.05) is 10.6 Å². The first-order valence-electron chi connectivity index (χ1n) is 9.99. The third-order valence-electron chi connectivity index (χ3n) is 4.99. The molecule has 0 aromatic heterocycles. The summed E-state index contributed by atoms with van der Waals surface area (Å²) < 4.78 is 25.0. The number of benzene rings is 3. The predicted molar refractivity (Wildman–Crippen MR) is 127 cm³/mol. The minimum Gasteiger partial charge on any atom is -0.493 e. The summed E-state index contributed by atoms with van der Waals surface area (Å²) >= 11 is 7.04. The van der Waals surface area contributed by atoms with Crippen molar-refractivity contribution >= 4 is 40.6 Å². The van der Waals surface area contributed by atoms with E-state index < -0.39 is 0 Å². The molecule has 1 heterocycles. The van der Waals surface area contributed by atoms with Gasteiger partial charge in [0.2, 0.25) is 0 Å². The standard InChI is InChI=1S/C25H19ClFNO4S/c1-31-22-12-16(10-11-21(22)32-15-18-7-3-5-9-20(18)27)13-23-24(29)28(25(30)33-23)14-17-6-2-4-8-19(17)26/h2-13H,14-15H2,1H3/b23-13-. The summed E-state index contributed by atoms with van der Waals surface area (Å²) in [6.07, 6.45) is 1.63. The SMILES string of the molecule is COc1cc(/C=C2\SC(=O)N(Cc3ccccc3Cl)C2=O)ccc1OCc1ccccc1F. The molecule has 3 aromatic rings. The fourth-order valence-corrected chi connectivity index (χ4v) is 4.28. The van der Waals surface area contributed by atoms with Gasteiger partial charge in [-0.25, -0.2) is 4.39 Å². The van der Waals surface area contributed by atoms with Gasteiger partial charge in [-0.05, 0) is 53.2 Å². The maximum Gasteiger partial charge on any atom is 0.293 e. The first kappa shape index (κ1) is 22.9. The van der Waals surface area contributed by atoms with E-state index in [0.29, 0.717) is 38.1 Å². The van der Waals surface area contributed by atoms with Gasteiger partial charge in [0.05, 0.1) is 18.6 Å². The zero-order chi connectivity index (χ0) is 23.4. The van der Waals surface area contributed by atoms with Crippen molar-refractivity contribution in [3.63, 3.8) is 0 Å². The van der Waals surface area contributed by atoms with Gasteiger partial charge in [0.15, 0.2) is 11.5 Å². The number of nitrogens with zero attached hydrogens (tertiary/aromatic N) is 1. The van der Waals surface area contributed by atoms with Gasteiger partial charge in [0.1, 0.15) is 12.4 Å². The Morgan fingerprint density at radius 1 is 1.00 bits per heavy atom. The van der Waals surface area contributed by atoms with Gasteiger partial charge >= 0.3 is 0 Å². The van der Waals surface area contributed by atoms with Crippen LogP contribution >= 0.6 is 23.4 Å². The summed E-state index contributed by atoms with van der Waals surface area (Å²) in [5.74, 6) is 0.129. The number of thioether (sulfide) groups is 1. The van der Waals surface area contributed by atoms with E-state index in [9.17, 15) is 14.0 Å². The van der Waals surface area contributed by atoms with Crippen LogP contribution in [0.5, 0.6) is 11.5 Å². The number of ether oxygens (including phenoxy) is 2. The van der Waals surface area contributed by atoms with Crippen LogP contribution in [0.1, 0.15) is 16.7 Å². The lowest BCUT2D eigenvalue weighted by Gasteiger charge is -2.13. The van der Waals surface area contributed by atoms with Gasteiger partial charge < -0.3 is 9.47 Å². The van der Waals surface area contributed by atoms with Crippen molar-refractivity contribution in [1.82, 2.24) is 4.90 Å². The molecule has 1 aliphatic rings. The van der Waals surface area contributed by atoms with Crippen LogP contribution in [-0.2, 0) is 17.9 Å².